The molecule has 6 aromatic carbocycles. The topological polar surface area (TPSA) is 51.8 Å². The van der Waals surface area contributed by atoms with E-state index in [1.165, 1.54) is 12.1 Å². The smallest absolute Gasteiger partial charge is 0.164 e. The first-order chi connectivity index (χ1) is 27.1. The minimum Gasteiger partial charge on any atom is -0.456 e. The van der Waals surface area contributed by atoms with Crippen molar-refractivity contribution in [1.82, 2.24) is 15.0 Å². The van der Waals surface area contributed by atoms with Crippen molar-refractivity contribution >= 4 is 33.5 Å². The lowest BCUT2D eigenvalue weighted by Crippen LogP contribution is -2.00. The number of halogens is 1. The van der Waals surface area contributed by atoms with Crippen LogP contribution in [0.15, 0.2) is 150 Å². The van der Waals surface area contributed by atoms with Crippen molar-refractivity contribution in [3.8, 4) is 56.4 Å². The van der Waals surface area contributed by atoms with Gasteiger partial charge in [0.15, 0.2) is 17.5 Å². The zero-order chi connectivity index (χ0) is 40.8. The largest absolute Gasteiger partial charge is 0.456 e. The summed E-state index contributed by atoms with van der Waals surface area (Å²) in [6.45, 7) is 0. The molecule has 0 amide bonds. The summed E-state index contributed by atoms with van der Waals surface area (Å²) in [7, 11) is 0. The Bertz CT molecular complexity index is 2950. The molecule has 0 aliphatic carbocycles. The molecule has 208 valence electrons. The van der Waals surface area contributed by atoms with Crippen LogP contribution in [0, 0.1) is 0 Å². The van der Waals surface area contributed by atoms with Gasteiger partial charge in [-0.05, 0) is 46.4 Å². The lowest BCUT2D eigenvalue weighted by Gasteiger charge is -2.10. The van der Waals surface area contributed by atoms with Crippen LogP contribution < -0.4 is 0 Å². The van der Waals surface area contributed by atoms with E-state index in [9.17, 15) is 0 Å². The van der Waals surface area contributed by atoms with Crippen LogP contribution in [-0.4, -0.2) is 15.0 Å². The Labute approximate surface area is 277 Å². The average molecular weight is 599 g/mol. The first-order valence-electron chi connectivity index (χ1n) is 19.8. The first kappa shape index (κ1) is 15.8. The molecule has 0 atom stereocenters. The molecule has 5 heteroatoms. The molecular weight excluding hydrogens is 562 g/mol. The lowest BCUT2D eigenvalue weighted by atomic mass is 9.99. The molecule has 4 nitrogen and oxygen atoms in total. The summed E-state index contributed by atoms with van der Waals surface area (Å²) in [6.07, 6.45) is 0. The average Bonchev–Trinajstić information content (AvgIpc) is 3.59. The van der Waals surface area contributed by atoms with E-state index >= 15 is 0 Å². The third-order valence-electron chi connectivity index (χ3n) is 6.88. The Morgan fingerprint density at radius 3 is 1.84 bits per heavy atom. The summed E-state index contributed by atoms with van der Waals surface area (Å²) in [5.74, 6) is 0.441. The van der Waals surface area contributed by atoms with Gasteiger partial charge in [-0.2, -0.15) is 0 Å². The molecule has 0 spiro atoms. The van der Waals surface area contributed by atoms with Gasteiger partial charge in [-0.25, -0.2) is 15.0 Å². The standard InChI is InChI=1S/C39H24ClN3O/c40-31-22-23-34-33(24-31)36-32(12-7-13-35(36)44-34)39-42-37(29-10-5-2-6-11-29)41-38(43-39)30-20-18-28(19-21-30)27-16-14-26(15-17-27)25-8-3-1-4-9-25/h1-24H/i1D,3D,4D,8D,9D,12D,13D,14D,15D,16D,17D,22D,23D. The zero-order valence-corrected chi connectivity index (χ0v) is 23.2. The van der Waals surface area contributed by atoms with Gasteiger partial charge in [0.05, 0.1) is 17.8 Å². The molecule has 0 fully saturated rings. The fourth-order valence-corrected chi connectivity index (χ4v) is 4.96. The van der Waals surface area contributed by atoms with E-state index in [0.717, 1.165) is 0 Å². The van der Waals surface area contributed by atoms with Crippen molar-refractivity contribution in [1.29, 1.82) is 0 Å². The van der Waals surface area contributed by atoms with Crippen molar-refractivity contribution in [3.63, 3.8) is 0 Å². The van der Waals surface area contributed by atoms with E-state index in [-0.39, 0.29) is 79.9 Å². The van der Waals surface area contributed by atoms with E-state index in [1.807, 2.05) is 6.07 Å². The summed E-state index contributed by atoms with van der Waals surface area (Å²) >= 11 is 6.33. The molecule has 8 rings (SSSR count). The fraction of sp³-hybridized carbons (Fsp3) is 0. The van der Waals surface area contributed by atoms with E-state index in [2.05, 4.69) is 0 Å². The van der Waals surface area contributed by atoms with Crippen LogP contribution in [0.5, 0.6) is 0 Å². The van der Waals surface area contributed by atoms with Gasteiger partial charge in [-0.15, -0.1) is 0 Å². The summed E-state index contributed by atoms with van der Waals surface area (Å²) in [5, 5.41) is 0.549. The molecule has 0 saturated heterocycles. The molecule has 0 unspecified atom stereocenters. The van der Waals surface area contributed by atoms with E-state index < -0.39 is 65.5 Å². The van der Waals surface area contributed by atoms with Crippen LogP contribution in [-0.2, 0) is 0 Å². The molecular formula is C39H24ClN3O. The normalized spacial score (nSPS) is 15.4. The molecule has 44 heavy (non-hydrogen) atoms. The van der Waals surface area contributed by atoms with Crippen molar-refractivity contribution in [2.45, 2.75) is 0 Å². The number of hydrogen-bond donors (Lipinski definition) is 0. The molecule has 0 aliphatic rings. The lowest BCUT2D eigenvalue weighted by molar-refractivity contribution is 0.669. The Morgan fingerprint density at radius 2 is 1.11 bits per heavy atom. The first-order valence-corrected chi connectivity index (χ1v) is 13.7. The maximum Gasteiger partial charge on any atom is 0.164 e. The van der Waals surface area contributed by atoms with Crippen LogP contribution in [0.2, 0.25) is 5.02 Å². The molecule has 2 aromatic heterocycles. The Morgan fingerprint density at radius 1 is 0.500 bits per heavy atom. The molecule has 2 heterocycles. The second-order valence-corrected chi connectivity index (χ2v) is 10.0. The van der Waals surface area contributed by atoms with Crippen LogP contribution in [0.4, 0.5) is 0 Å². The molecule has 0 aliphatic heterocycles. The summed E-state index contributed by atoms with van der Waals surface area (Å²) in [5.41, 5.74) is 0.657. The summed E-state index contributed by atoms with van der Waals surface area (Å²) < 4.78 is 116. The number of furan rings is 1. The fourth-order valence-electron chi connectivity index (χ4n) is 4.80. The number of hydrogen-bond acceptors (Lipinski definition) is 4. The molecule has 0 N–H and O–H groups in total. The molecule has 0 radical (unpaired) electrons. The van der Waals surface area contributed by atoms with Crippen molar-refractivity contribution in [2.75, 3.05) is 0 Å². The number of benzene rings is 6. The summed E-state index contributed by atoms with van der Waals surface area (Å²) in [6, 6.07) is 11.9. The Kier molecular flexibility index (Phi) is 3.91. The van der Waals surface area contributed by atoms with Gasteiger partial charge in [-0.3, -0.25) is 0 Å². The predicted molar refractivity (Wildman–Crippen MR) is 179 cm³/mol. The zero-order valence-electron chi connectivity index (χ0n) is 35.5. The van der Waals surface area contributed by atoms with Gasteiger partial charge in [0.1, 0.15) is 11.2 Å². The van der Waals surface area contributed by atoms with Crippen LogP contribution in [0.3, 0.4) is 0 Å². The predicted octanol–water partition coefficient (Wildman–Crippen LogP) is 10.8. The maximum atomic E-state index is 8.97. The highest BCUT2D eigenvalue weighted by Gasteiger charge is 2.18. The monoisotopic (exact) mass is 598 g/mol. The third kappa shape index (κ3) is 4.81. The van der Waals surface area contributed by atoms with Gasteiger partial charge in [-0.1, -0.05) is 133 Å². The van der Waals surface area contributed by atoms with Crippen LogP contribution in [0.25, 0.3) is 78.4 Å². The van der Waals surface area contributed by atoms with E-state index in [0.29, 0.717) is 16.5 Å². The van der Waals surface area contributed by atoms with E-state index in [1.54, 1.807) is 48.5 Å². The second kappa shape index (κ2) is 10.9. The second-order valence-electron chi connectivity index (χ2n) is 9.60. The van der Waals surface area contributed by atoms with Crippen molar-refractivity contribution < 1.29 is 22.2 Å². The highest BCUT2D eigenvalue weighted by Crippen LogP contribution is 2.37. The third-order valence-corrected chi connectivity index (χ3v) is 7.08. The quantitative estimate of drug-likeness (QED) is 0.198. The summed E-state index contributed by atoms with van der Waals surface area (Å²) in [4.78, 5) is 14.2. The van der Waals surface area contributed by atoms with Gasteiger partial charge in [0, 0.05) is 32.5 Å². The van der Waals surface area contributed by atoms with Gasteiger partial charge < -0.3 is 4.42 Å². The molecule has 0 bridgehead atoms. The number of aromatic nitrogens is 3. The van der Waals surface area contributed by atoms with Gasteiger partial charge in [0.2, 0.25) is 0 Å². The molecule has 0 saturated carbocycles. The Hall–Kier alpha value is -5.58. The van der Waals surface area contributed by atoms with Crippen molar-refractivity contribution in [3.05, 3.63) is 150 Å². The number of nitrogens with zero attached hydrogens (tertiary/aromatic N) is 3. The van der Waals surface area contributed by atoms with Gasteiger partial charge >= 0.3 is 0 Å². The number of fused-ring (bicyclic) bond motifs is 3. The van der Waals surface area contributed by atoms with E-state index in [4.69, 9.17) is 48.8 Å². The molecule has 8 aromatic rings. The highest BCUT2D eigenvalue weighted by molar-refractivity contribution is 6.32. The SMILES string of the molecule is [2H]c1cc([2H])c2oc3c([2H])c([2H])c(Cl)cc3c2c1-c1nc(-c2ccccc2)nc(-c2ccc(-c3c([2H])c([2H])c(-c4c([2H])c([2H])c([2H])c([2H])c4[2H])c([2H])c3[2H])cc2)n1. The van der Waals surface area contributed by atoms with Crippen LogP contribution >= 0.6 is 11.6 Å². The highest BCUT2D eigenvalue weighted by atomic mass is 35.5. The minimum absolute atomic E-state index is 0.0171. The van der Waals surface area contributed by atoms with Crippen molar-refractivity contribution in [2.24, 2.45) is 0 Å². The van der Waals surface area contributed by atoms with Crippen LogP contribution in [0.1, 0.15) is 17.8 Å². The maximum absolute atomic E-state index is 8.97. The Balaban J connectivity index is 1.30. The van der Waals surface area contributed by atoms with Gasteiger partial charge in [0.25, 0.3) is 0 Å². The number of rotatable bonds is 5. The minimum atomic E-state index is -0.663.